The molecule has 0 aliphatic rings. The zero-order chi connectivity index (χ0) is 8.55. The minimum Gasteiger partial charge on any atom is -0.439 e. The minimum atomic E-state index is 0.331. The minimum absolute atomic E-state index is 0.331. The summed E-state index contributed by atoms with van der Waals surface area (Å²) in [6.45, 7) is 4.11. The van der Waals surface area contributed by atoms with E-state index in [1.54, 1.807) is 12.4 Å². The van der Waals surface area contributed by atoms with Gasteiger partial charge in [0, 0.05) is 12.1 Å². The number of fused-ring (bicyclic) bond motifs is 1. The third-order valence-electron chi connectivity index (χ3n) is 1.70. The van der Waals surface area contributed by atoms with Crippen molar-refractivity contribution in [2.75, 3.05) is 0 Å². The summed E-state index contributed by atoms with van der Waals surface area (Å²) in [6.07, 6.45) is 3.41. The molecule has 0 atom stereocenters. The van der Waals surface area contributed by atoms with Crippen molar-refractivity contribution >= 4 is 11.1 Å². The van der Waals surface area contributed by atoms with E-state index >= 15 is 0 Å². The highest BCUT2D eigenvalue weighted by Crippen LogP contribution is 2.19. The van der Waals surface area contributed by atoms with Crippen LogP contribution in [0.1, 0.15) is 25.7 Å². The fourth-order valence-corrected chi connectivity index (χ4v) is 1.04. The number of nitrogens with zero attached hydrogens (tertiary/aromatic N) is 2. The molecular weight excluding hydrogens is 152 g/mol. The SMILES string of the molecule is CC(C)c1nc2ccncc2o1. The van der Waals surface area contributed by atoms with Crippen molar-refractivity contribution in [3.05, 3.63) is 24.4 Å². The van der Waals surface area contributed by atoms with Gasteiger partial charge in [0.15, 0.2) is 11.5 Å². The van der Waals surface area contributed by atoms with Gasteiger partial charge in [-0.1, -0.05) is 13.8 Å². The molecule has 0 fully saturated rings. The van der Waals surface area contributed by atoms with E-state index in [2.05, 4.69) is 23.8 Å². The van der Waals surface area contributed by atoms with Gasteiger partial charge in [0.2, 0.25) is 0 Å². The van der Waals surface area contributed by atoms with Gasteiger partial charge in [0.1, 0.15) is 5.52 Å². The molecule has 0 amide bonds. The van der Waals surface area contributed by atoms with Crippen molar-refractivity contribution in [3.8, 4) is 0 Å². The molecule has 3 nitrogen and oxygen atoms in total. The van der Waals surface area contributed by atoms with E-state index in [1.165, 1.54) is 0 Å². The second-order valence-electron chi connectivity index (χ2n) is 3.05. The van der Waals surface area contributed by atoms with Crippen molar-refractivity contribution in [1.29, 1.82) is 0 Å². The fourth-order valence-electron chi connectivity index (χ4n) is 1.04. The smallest absolute Gasteiger partial charge is 0.198 e. The average molecular weight is 162 g/mol. The van der Waals surface area contributed by atoms with Crippen LogP contribution in [0.5, 0.6) is 0 Å². The van der Waals surface area contributed by atoms with Gasteiger partial charge in [-0.2, -0.15) is 0 Å². The van der Waals surface area contributed by atoms with Crippen LogP contribution < -0.4 is 0 Å². The van der Waals surface area contributed by atoms with Crippen molar-refractivity contribution in [2.45, 2.75) is 19.8 Å². The summed E-state index contributed by atoms with van der Waals surface area (Å²) in [7, 11) is 0. The summed E-state index contributed by atoms with van der Waals surface area (Å²) in [5.41, 5.74) is 1.65. The van der Waals surface area contributed by atoms with Crippen molar-refractivity contribution in [2.24, 2.45) is 0 Å². The number of aromatic nitrogens is 2. The van der Waals surface area contributed by atoms with Gasteiger partial charge in [-0.15, -0.1) is 0 Å². The standard InChI is InChI=1S/C9H10N2O/c1-6(2)9-11-7-3-4-10-5-8(7)12-9/h3-6H,1-2H3. The van der Waals surface area contributed by atoms with Gasteiger partial charge in [-0.05, 0) is 6.07 Å². The van der Waals surface area contributed by atoms with Crippen LogP contribution in [0.4, 0.5) is 0 Å². The van der Waals surface area contributed by atoms with Crippen LogP contribution in [0.15, 0.2) is 22.9 Å². The topological polar surface area (TPSA) is 38.9 Å². The number of hydrogen-bond donors (Lipinski definition) is 0. The van der Waals surface area contributed by atoms with E-state index in [0.717, 1.165) is 17.0 Å². The summed E-state index contributed by atoms with van der Waals surface area (Å²) >= 11 is 0. The fraction of sp³-hybridized carbons (Fsp3) is 0.333. The molecule has 0 saturated carbocycles. The lowest BCUT2D eigenvalue weighted by molar-refractivity contribution is 0.501. The molecule has 0 spiro atoms. The summed E-state index contributed by atoms with van der Waals surface area (Å²) < 4.78 is 5.46. The molecule has 0 aromatic carbocycles. The molecular formula is C9H10N2O. The molecule has 2 rings (SSSR count). The Labute approximate surface area is 70.4 Å². The molecule has 2 aromatic heterocycles. The zero-order valence-corrected chi connectivity index (χ0v) is 7.11. The molecule has 0 aliphatic heterocycles. The van der Waals surface area contributed by atoms with Gasteiger partial charge >= 0.3 is 0 Å². The third-order valence-corrected chi connectivity index (χ3v) is 1.70. The van der Waals surface area contributed by atoms with E-state index in [0.29, 0.717) is 5.92 Å². The molecule has 0 radical (unpaired) electrons. The molecule has 12 heavy (non-hydrogen) atoms. The van der Waals surface area contributed by atoms with Crippen LogP contribution in [-0.4, -0.2) is 9.97 Å². The number of hydrogen-bond acceptors (Lipinski definition) is 3. The second kappa shape index (κ2) is 2.59. The summed E-state index contributed by atoms with van der Waals surface area (Å²) in [4.78, 5) is 8.26. The van der Waals surface area contributed by atoms with Crippen LogP contribution in [0, 0.1) is 0 Å². The molecule has 3 heteroatoms. The first-order chi connectivity index (χ1) is 5.77. The molecule has 0 saturated heterocycles. The highest BCUT2D eigenvalue weighted by Gasteiger charge is 2.07. The Bertz CT molecular complexity index is 359. The monoisotopic (exact) mass is 162 g/mol. The first kappa shape index (κ1) is 7.28. The van der Waals surface area contributed by atoms with E-state index in [1.807, 2.05) is 6.07 Å². The Morgan fingerprint density at radius 2 is 2.25 bits per heavy atom. The highest BCUT2D eigenvalue weighted by atomic mass is 16.3. The van der Waals surface area contributed by atoms with E-state index in [9.17, 15) is 0 Å². The lowest BCUT2D eigenvalue weighted by Gasteiger charge is -1.93. The Hall–Kier alpha value is -1.38. The third kappa shape index (κ3) is 1.07. The van der Waals surface area contributed by atoms with Gasteiger partial charge in [-0.3, -0.25) is 4.98 Å². The molecule has 0 unspecified atom stereocenters. The number of rotatable bonds is 1. The molecule has 2 aromatic rings. The Morgan fingerprint density at radius 1 is 1.42 bits per heavy atom. The Balaban J connectivity index is 2.62. The molecule has 0 bridgehead atoms. The lowest BCUT2D eigenvalue weighted by atomic mass is 10.2. The summed E-state index contributed by atoms with van der Waals surface area (Å²) in [5.74, 6) is 1.11. The zero-order valence-electron chi connectivity index (χ0n) is 7.11. The molecule has 0 N–H and O–H groups in total. The van der Waals surface area contributed by atoms with Crippen LogP contribution in [-0.2, 0) is 0 Å². The summed E-state index contributed by atoms with van der Waals surface area (Å²) in [6, 6.07) is 1.85. The highest BCUT2D eigenvalue weighted by molar-refractivity contribution is 5.70. The normalized spacial score (nSPS) is 11.2. The van der Waals surface area contributed by atoms with Crippen molar-refractivity contribution in [1.82, 2.24) is 9.97 Å². The maximum absolute atomic E-state index is 5.46. The molecule has 0 aliphatic carbocycles. The van der Waals surface area contributed by atoms with E-state index in [4.69, 9.17) is 4.42 Å². The largest absolute Gasteiger partial charge is 0.439 e. The van der Waals surface area contributed by atoms with Crippen molar-refractivity contribution in [3.63, 3.8) is 0 Å². The van der Waals surface area contributed by atoms with Crippen LogP contribution >= 0.6 is 0 Å². The van der Waals surface area contributed by atoms with Crippen molar-refractivity contribution < 1.29 is 4.42 Å². The first-order valence-corrected chi connectivity index (χ1v) is 3.98. The lowest BCUT2D eigenvalue weighted by Crippen LogP contribution is -1.84. The van der Waals surface area contributed by atoms with Gasteiger partial charge in [-0.25, -0.2) is 4.98 Å². The van der Waals surface area contributed by atoms with Crippen LogP contribution in [0.25, 0.3) is 11.1 Å². The quantitative estimate of drug-likeness (QED) is 0.646. The molecule has 2 heterocycles. The van der Waals surface area contributed by atoms with Crippen LogP contribution in [0.2, 0.25) is 0 Å². The molecule has 62 valence electrons. The van der Waals surface area contributed by atoms with Gasteiger partial charge < -0.3 is 4.42 Å². The van der Waals surface area contributed by atoms with Gasteiger partial charge in [0.05, 0.1) is 6.20 Å². The number of oxazole rings is 1. The Morgan fingerprint density at radius 3 is 2.92 bits per heavy atom. The predicted molar refractivity (Wildman–Crippen MR) is 45.9 cm³/mol. The number of pyridine rings is 1. The maximum atomic E-state index is 5.46. The first-order valence-electron chi connectivity index (χ1n) is 3.98. The predicted octanol–water partition coefficient (Wildman–Crippen LogP) is 2.35. The van der Waals surface area contributed by atoms with Gasteiger partial charge in [0.25, 0.3) is 0 Å². The Kier molecular flexibility index (Phi) is 1.57. The maximum Gasteiger partial charge on any atom is 0.198 e. The van der Waals surface area contributed by atoms with E-state index < -0.39 is 0 Å². The average Bonchev–Trinajstić information content (AvgIpc) is 2.46. The second-order valence-corrected chi connectivity index (χ2v) is 3.05. The summed E-state index contributed by atoms with van der Waals surface area (Å²) in [5, 5.41) is 0. The van der Waals surface area contributed by atoms with E-state index in [-0.39, 0.29) is 0 Å². The van der Waals surface area contributed by atoms with Crippen LogP contribution in [0.3, 0.4) is 0 Å².